The Kier molecular flexibility index (Phi) is 12.2. The van der Waals surface area contributed by atoms with E-state index in [9.17, 15) is 0 Å². The molecule has 1 rings (SSSR count). The zero-order chi connectivity index (χ0) is 23.7. The SMILES string of the molecule is [2H]COOC[C@H]1O[C]([Sn]([CH2]CCC)([CH2]CCC)[CH2]CCC)=C[C@@H](OOC[2H])[C@@H]1OOC[2H]. The van der Waals surface area contributed by atoms with Crippen molar-refractivity contribution in [3.63, 3.8) is 0 Å². The Morgan fingerprint density at radius 1 is 0.897 bits per heavy atom. The van der Waals surface area contributed by atoms with E-state index >= 15 is 0 Å². The van der Waals surface area contributed by atoms with Gasteiger partial charge in [0, 0.05) is 0 Å². The summed E-state index contributed by atoms with van der Waals surface area (Å²) in [6.45, 7) is 6.67. The summed E-state index contributed by atoms with van der Waals surface area (Å²) in [6.07, 6.45) is 6.84. The molecular weight excluding hydrogens is 483 g/mol. The van der Waals surface area contributed by atoms with Gasteiger partial charge in [-0.05, 0) is 0 Å². The van der Waals surface area contributed by atoms with Gasteiger partial charge in [-0.15, -0.1) is 0 Å². The number of hydrogen-bond acceptors (Lipinski definition) is 7. The van der Waals surface area contributed by atoms with E-state index in [1.165, 1.54) is 32.6 Å². The number of ether oxygens (including phenoxy) is 1. The molecule has 0 N–H and O–H groups in total. The van der Waals surface area contributed by atoms with E-state index in [2.05, 4.69) is 20.8 Å². The molecule has 1 aliphatic heterocycles. The van der Waals surface area contributed by atoms with Crippen LogP contribution in [0.4, 0.5) is 0 Å². The molecule has 1 heterocycles. The fourth-order valence-electron chi connectivity index (χ4n) is 3.92. The van der Waals surface area contributed by atoms with E-state index in [4.69, 9.17) is 38.2 Å². The average molecular weight is 528 g/mol. The molecule has 0 amide bonds. The first-order valence-electron chi connectivity index (χ1n) is 12.8. The van der Waals surface area contributed by atoms with Gasteiger partial charge in [0.05, 0.1) is 0 Å². The summed E-state index contributed by atoms with van der Waals surface area (Å²) in [4.78, 5) is 30.7. The summed E-state index contributed by atoms with van der Waals surface area (Å²) in [6, 6.07) is 0. The van der Waals surface area contributed by atoms with Crippen LogP contribution in [0.2, 0.25) is 13.3 Å². The quantitative estimate of drug-likeness (QED) is 0.112. The van der Waals surface area contributed by atoms with Crippen molar-refractivity contribution in [1.82, 2.24) is 0 Å². The van der Waals surface area contributed by atoms with Crippen LogP contribution in [0.1, 0.15) is 63.4 Å². The minimum absolute atomic E-state index is 0.0142. The van der Waals surface area contributed by atoms with Crippen LogP contribution in [-0.4, -0.2) is 64.6 Å². The van der Waals surface area contributed by atoms with Crippen molar-refractivity contribution in [2.24, 2.45) is 0 Å². The third-order valence-electron chi connectivity index (χ3n) is 5.51. The van der Waals surface area contributed by atoms with Gasteiger partial charge in [-0.1, -0.05) is 0 Å². The van der Waals surface area contributed by atoms with Crippen molar-refractivity contribution in [3.05, 3.63) is 9.85 Å². The van der Waals surface area contributed by atoms with Crippen LogP contribution in [0.25, 0.3) is 0 Å². The van der Waals surface area contributed by atoms with E-state index in [1.54, 1.807) is 0 Å². The molecule has 29 heavy (non-hydrogen) atoms. The number of unbranched alkanes of at least 4 members (excludes halogenated alkanes) is 3. The topological polar surface area (TPSA) is 64.6 Å². The second-order valence-corrected chi connectivity index (χ2v) is 20.5. The van der Waals surface area contributed by atoms with E-state index in [-0.39, 0.29) is 27.9 Å². The molecule has 0 aromatic heterocycles. The van der Waals surface area contributed by atoms with Crippen molar-refractivity contribution in [2.45, 2.75) is 90.9 Å². The molecule has 0 saturated carbocycles. The molecule has 0 saturated heterocycles. The van der Waals surface area contributed by atoms with Crippen LogP contribution < -0.4 is 0 Å². The second kappa shape index (κ2) is 15.8. The van der Waals surface area contributed by atoms with Gasteiger partial charge in [0.1, 0.15) is 0 Å². The molecule has 0 spiro atoms. The first-order chi connectivity index (χ1) is 15.6. The summed E-state index contributed by atoms with van der Waals surface area (Å²) >= 11 is -2.94. The van der Waals surface area contributed by atoms with Gasteiger partial charge in [-0.3, -0.25) is 0 Å². The van der Waals surface area contributed by atoms with Crippen molar-refractivity contribution in [3.8, 4) is 0 Å². The molecule has 1 aliphatic rings. The summed E-state index contributed by atoms with van der Waals surface area (Å²) in [5, 5.41) is 0. The summed E-state index contributed by atoms with van der Waals surface area (Å²) in [7, 11) is -1.08. The van der Waals surface area contributed by atoms with Gasteiger partial charge in [0.25, 0.3) is 0 Å². The number of hydrogen-bond donors (Lipinski definition) is 0. The van der Waals surface area contributed by atoms with Crippen LogP contribution in [0.3, 0.4) is 0 Å². The standard InChI is InChI=1S/C9H15O7.3C4H9.Sn/c1-10-14-6-8-9(16-12-3)7(15-11-2)4-5-13-8;3*1-3-4-2;/h4,7-9H,6H2,1-3H3;3*1,3-4H2,2H3;/t7-,8-,9+;;;;/m1..../s1/i1D,2D,3D;;;;. The second-order valence-electron chi connectivity index (χ2n) is 7.54. The van der Waals surface area contributed by atoms with Crippen molar-refractivity contribution < 1.29 is 38.2 Å². The molecule has 0 radical (unpaired) electrons. The first kappa shape index (κ1) is 22.3. The summed E-state index contributed by atoms with van der Waals surface area (Å²) < 4.78 is 32.9. The van der Waals surface area contributed by atoms with Crippen LogP contribution in [0, 0.1) is 0 Å². The van der Waals surface area contributed by atoms with Crippen LogP contribution >= 0.6 is 0 Å². The molecule has 0 aromatic carbocycles. The molecule has 0 unspecified atom stereocenters. The molecule has 0 bridgehead atoms. The molecule has 0 aliphatic carbocycles. The Hall–Kier alpha value is 0.0987. The van der Waals surface area contributed by atoms with Crippen molar-refractivity contribution in [2.75, 3.05) is 27.9 Å². The van der Waals surface area contributed by atoms with Gasteiger partial charge < -0.3 is 0 Å². The predicted octanol–water partition coefficient (Wildman–Crippen LogP) is 5.13. The van der Waals surface area contributed by atoms with Crippen LogP contribution in [-0.2, 0) is 34.1 Å². The Morgan fingerprint density at radius 3 is 2.03 bits per heavy atom. The molecule has 7 nitrogen and oxygen atoms in total. The fraction of sp³-hybridized carbons (Fsp3) is 0.905. The Balaban J connectivity index is 3.32. The fourth-order valence-corrected chi connectivity index (χ4v) is 19.6. The van der Waals surface area contributed by atoms with Gasteiger partial charge in [-0.25, -0.2) is 0 Å². The zero-order valence-corrected chi connectivity index (χ0v) is 21.2. The third-order valence-corrected chi connectivity index (χ3v) is 20.5. The van der Waals surface area contributed by atoms with E-state index in [1.807, 2.05) is 6.08 Å². The molecule has 172 valence electrons. The zero-order valence-electron chi connectivity index (χ0n) is 21.4. The van der Waals surface area contributed by atoms with Gasteiger partial charge >= 0.3 is 185 Å². The monoisotopic (exact) mass is 529 g/mol. The van der Waals surface area contributed by atoms with Gasteiger partial charge in [0.15, 0.2) is 0 Å². The minimum atomic E-state index is -2.94. The third kappa shape index (κ3) is 8.63. The van der Waals surface area contributed by atoms with Gasteiger partial charge in [0.2, 0.25) is 0 Å². The Morgan fingerprint density at radius 2 is 1.48 bits per heavy atom. The van der Waals surface area contributed by atoms with Crippen LogP contribution in [0.5, 0.6) is 0 Å². The summed E-state index contributed by atoms with van der Waals surface area (Å²) in [5.74, 6) is 0. The van der Waals surface area contributed by atoms with Crippen LogP contribution in [0.15, 0.2) is 9.85 Å². The molecule has 0 aromatic rings. The Labute approximate surface area is 185 Å². The van der Waals surface area contributed by atoms with E-state index < -0.39 is 36.7 Å². The average Bonchev–Trinajstić information content (AvgIpc) is 2.81. The normalized spacial score (nSPS) is 23.8. The van der Waals surface area contributed by atoms with E-state index in [0.29, 0.717) is 0 Å². The van der Waals surface area contributed by atoms with Crippen molar-refractivity contribution >= 4 is 18.4 Å². The van der Waals surface area contributed by atoms with Gasteiger partial charge in [-0.2, -0.15) is 0 Å². The summed E-state index contributed by atoms with van der Waals surface area (Å²) in [5.41, 5.74) is 0. The molecule has 0 fully saturated rings. The maximum atomic E-state index is 7.30. The van der Waals surface area contributed by atoms with Crippen molar-refractivity contribution in [1.29, 1.82) is 0 Å². The Bertz CT molecular complexity index is 480. The number of rotatable bonds is 17. The molecule has 8 heteroatoms. The predicted molar refractivity (Wildman–Crippen MR) is 115 cm³/mol. The maximum absolute atomic E-state index is 7.30. The molecule has 3 atom stereocenters. The first-order valence-corrected chi connectivity index (χ1v) is 18.2. The van der Waals surface area contributed by atoms with E-state index in [0.717, 1.165) is 23.0 Å². The molecular formula is C21H42O7Sn.